The molecule has 4 heteroatoms. The van der Waals surface area contributed by atoms with Crippen LogP contribution >= 0.6 is 0 Å². The van der Waals surface area contributed by atoms with Crippen LogP contribution in [-0.2, 0) is 7.05 Å². The molecule has 86 valence electrons. The third kappa shape index (κ3) is 1.71. The summed E-state index contributed by atoms with van der Waals surface area (Å²) < 4.78 is 7.36. The Labute approximate surface area is 99.6 Å². The number of fused-ring (bicyclic) bond motifs is 1. The van der Waals surface area contributed by atoms with Crippen molar-refractivity contribution in [3.63, 3.8) is 0 Å². The quantitative estimate of drug-likeness (QED) is 0.750. The first-order chi connectivity index (χ1) is 8.24. The maximum Gasteiger partial charge on any atom is 0.145 e. The molecule has 0 bridgehead atoms. The van der Waals surface area contributed by atoms with Gasteiger partial charge < -0.3 is 4.74 Å². The predicted molar refractivity (Wildman–Crippen MR) is 67.0 cm³/mol. The Bertz CT molecular complexity index is 599. The first-order valence-electron chi connectivity index (χ1n) is 5.54. The van der Waals surface area contributed by atoms with Gasteiger partial charge in [-0.05, 0) is 31.2 Å². The SMILES string of the molecule is Cc1cc(-c2ccc3c(c2)N=CCO3)n(C)n1. The van der Waals surface area contributed by atoms with E-state index in [0.717, 1.165) is 28.4 Å². The maximum atomic E-state index is 5.48. The van der Waals surface area contributed by atoms with Gasteiger partial charge in [-0.3, -0.25) is 9.67 Å². The van der Waals surface area contributed by atoms with Crippen LogP contribution in [0.1, 0.15) is 5.69 Å². The number of aromatic nitrogens is 2. The summed E-state index contributed by atoms with van der Waals surface area (Å²) in [5.74, 6) is 0.843. The smallest absolute Gasteiger partial charge is 0.145 e. The molecule has 2 aromatic rings. The molecule has 0 fully saturated rings. The van der Waals surface area contributed by atoms with Gasteiger partial charge in [0, 0.05) is 18.8 Å². The summed E-state index contributed by atoms with van der Waals surface area (Å²) in [6, 6.07) is 8.09. The molecule has 0 saturated heterocycles. The van der Waals surface area contributed by atoms with Gasteiger partial charge in [0.1, 0.15) is 18.0 Å². The lowest BCUT2D eigenvalue weighted by Gasteiger charge is -2.12. The van der Waals surface area contributed by atoms with Crippen LogP contribution in [0, 0.1) is 6.92 Å². The van der Waals surface area contributed by atoms with E-state index < -0.39 is 0 Å². The molecular formula is C13H13N3O. The van der Waals surface area contributed by atoms with Gasteiger partial charge in [-0.15, -0.1) is 0 Å². The highest BCUT2D eigenvalue weighted by atomic mass is 16.5. The molecular weight excluding hydrogens is 214 g/mol. The maximum absolute atomic E-state index is 5.48. The molecule has 1 aromatic carbocycles. The molecule has 0 spiro atoms. The number of aryl methyl sites for hydroxylation is 2. The van der Waals surface area contributed by atoms with Crippen LogP contribution in [0.25, 0.3) is 11.3 Å². The minimum atomic E-state index is 0.553. The second-order valence-electron chi connectivity index (χ2n) is 4.10. The van der Waals surface area contributed by atoms with Crippen LogP contribution in [0.4, 0.5) is 5.69 Å². The van der Waals surface area contributed by atoms with E-state index in [1.807, 2.05) is 36.9 Å². The second kappa shape index (κ2) is 3.73. The summed E-state index contributed by atoms with van der Waals surface area (Å²) >= 11 is 0. The van der Waals surface area contributed by atoms with Gasteiger partial charge in [-0.25, -0.2) is 0 Å². The summed E-state index contributed by atoms with van der Waals surface area (Å²) in [4.78, 5) is 4.34. The normalized spacial score (nSPS) is 13.3. The summed E-state index contributed by atoms with van der Waals surface area (Å²) in [5, 5.41) is 4.35. The largest absolute Gasteiger partial charge is 0.486 e. The van der Waals surface area contributed by atoms with Gasteiger partial charge in [0.2, 0.25) is 0 Å². The molecule has 0 N–H and O–H groups in total. The van der Waals surface area contributed by atoms with E-state index in [-0.39, 0.29) is 0 Å². The van der Waals surface area contributed by atoms with Crippen LogP contribution in [0.15, 0.2) is 29.3 Å². The van der Waals surface area contributed by atoms with Crippen LogP contribution in [0.5, 0.6) is 5.75 Å². The van der Waals surface area contributed by atoms with E-state index in [1.165, 1.54) is 0 Å². The molecule has 0 unspecified atom stereocenters. The second-order valence-corrected chi connectivity index (χ2v) is 4.10. The van der Waals surface area contributed by atoms with Crippen LogP contribution in [-0.4, -0.2) is 22.6 Å². The van der Waals surface area contributed by atoms with Gasteiger partial charge in [-0.2, -0.15) is 5.10 Å². The molecule has 1 aliphatic rings. The highest BCUT2D eigenvalue weighted by molar-refractivity contribution is 5.75. The number of rotatable bonds is 1. The standard InChI is InChI=1S/C13H13N3O/c1-9-7-12(16(2)15-9)10-3-4-13-11(8-10)14-5-6-17-13/h3-5,7-8H,6H2,1-2H3. The van der Waals surface area contributed by atoms with E-state index in [2.05, 4.69) is 16.2 Å². The van der Waals surface area contributed by atoms with E-state index in [1.54, 1.807) is 6.21 Å². The number of nitrogens with zero attached hydrogens (tertiary/aromatic N) is 3. The highest BCUT2D eigenvalue weighted by Crippen LogP contribution is 2.34. The number of aliphatic imine (C=N–C) groups is 1. The Morgan fingerprint density at radius 1 is 1.29 bits per heavy atom. The van der Waals surface area contributed by atoms with E-state index >= 15 is 0 Å². The average molecular weight is 227 g/mol. The molecule has 0 atom stereocenters. The Morgan fingerprint density at radius 2 is 2.18 bits per heavy atom. The highest BCUT2D eigenvalue weighted by Gasteiger charge is 2.10. The van der Waals surface area contributed by atoms with Crippen molar-refractivity contribution in [1.29, 1.82) is 0 Å². The third-order valence-corrected chi connectivity index (χ3v) is 2.80. The minimum Gasteiger partial charge on any atom is -0.486 e. The molecule has 1 aromatic heterocycles. The first-order valence-corrected chi connectivity index (χ1v) is 5.54. The van der Waals surface area contributed by atoms with E-state index in [9.17, 15) is 0 Å². The predicted octanol–water partition coefficient (Wildman–Crippen LogP) is 2.49. The topological polar surface area (TPSA) is 39.4 Å². The van der Waals surface area contributed by atoms with Crippen molar-refractivity contribution in [2.24, 2.45) is 12.0 Å². The van der Waals surface area contributed by atoms with Gasteiger partial charge in [0.25, 0.3) is 0 Å². The Hall–Kier alpha value is -2.10. The molecule has 1 aliphatic heterocycles. The Morgan fingerprint density at radius 3 is 2.94 bits per heavy atom. The van der Waals surface area contributed by atoms with Gasteiger partial charge in [0.05, 0.1) is 11.4 Å². The molecule has 3 rings (SSSR count). The number of ether oxygens (including phenoxy) is 1. The lowest BCUT2D eigenvalue weighted by Crippen LogP contribution is -2.02. The average Bonchev–Trinajstić information content (AvgIpc) is 2.68. The van der Waals surface area contributed by atoms with Crippen LogP contribution in [0.3, 0.4) is 0 Å². The molecule has 0 aliphatic carbocycles. The zero-order valence-electron chi connectivity index (χ0n) is 9.84. The number of hydrogen-bond acceptors (Lipinski definition) is 3. The molecule has 2 heterocycles. The number of benzene rings is 1. The summed E-state index contributed by atoms with van der Waals surface area (Å²) in [6.07, 6.45) is 1.78. The zero-order valence-corrected chi connectivity index (χ0v) is 9.84. The fourth-order valence-electron chi connectivity index (χ4n) is 2.04. The number of hydrogen-bond donors (Lipinski definition) is 0. The third-order valence-electron chi connectivity index (χ3n) is 2.80. The van der Waals surface area contributed by atoms with Crippen molar-refractivity contribution < 1.29 is 4.74 Å². The van der Waals surface area contributed by atoms with Crippen molar-refractivity contribution in [3.8, 4) is 17.0 Å². The van der Waals surface area contributed by atoms with Crippen molar-refractivity contribution >= 4 is 11.9 Å². The van der Waals surface area contributed by atoms with Crippen molar-refractivity contribution in [2.75, 3.05) is 6.61 Å². The summed E-state index contributed by atoms with van der Waals surface area (Å²) in [7, 11) is 1.95. The molecule has 0 amide bonds. The molecule has 0 radical (unpaired) electrons. The lowest BCUT2D eigenvalue weighted by atomic mass is 10.1. The van der Waals surface area contributed by atoms with Gasteiger partial charge >= 0.3 is 0 Å². The van der Waals surface area contributed by atoms with E-state index in [4.69, 9.17) is 4.74 Å². The molecule has 4 nitrogen and oxygen atoms in total. The Balaban J connectivity index is 2.11. The summed E-state index contributed by atoms with van der Waals surface area (Å²) in [6.45, 7) is 2.54. The van der Waals surface area contributed by atoms with Crippen LogP contribution < -0.4 is 4.74 Å². The zero-order chi connectivity index (χ0) is 11.8. The minimum absolute atomic E-state index is 0.553. The van der Waals surface area contributed by atoms with Crippen molar-refractivity contribution in [3.05, 3.63) is 30.0 Å². The fraction of sp³-hybridized carbons (Fsp3) is 0.231. The monoisotopic (exact) mass is 227 g/mol. The van der Waals surface area contributed by atoms with Crippen molar-refractivity contribution in [2.45, 2.75) is 6.92 Å². The molecule has 0 saturated carbocycles. The van der Waals surface area contributed by atoms with Crippen molar-refractivity contribution in [1.82, 2.24) is 9.78 Å². The van der Waals surface area contributed by atoms with Crippen LogP contribution in [0.2, 0.25) is 0 Å². The lowest BCUT2D eigenvalue weighted by molar-refractivity contribution is 0.377. The van der Waals surface area contributed by atoms with E-state index in [0.29, 0.717) is 6.61 Å². The van der Waals surface area contributed by atoms with Gasteiger partial charge in [-0.1, -0.05) is 0 Å². The molecule has 17 heavy (non-hydrogen) atoms. The first kappa shape index (κ1) is 10.1. The fourth-order valence-corrected chi connectivity index (χ4v) is 2.04. The van der Waals surface area contributed by atoms with Gasteiger partial charge in [0.15, 0.2) is 0 Å². The summed E-state index contributed by atoms with van der Waals surface area (Å²) in [5.41, 5.74) is 4.09. The Kier molecular flexibility index (Phi) is 2.21.